The van der Waals surface area contributed by atoms with Crippen LogP contribution in [0.1, 0.15) is 18.8 Å². The van der Waals surface area contributed by atoms with Crippen molar-refractivity contribution < 1.29 is 0 Å². The standard InChI is InChI=1S/C11H12N8O/c1-5(9-16-18-19-17-9)13-11-14-8-3-2-6(12)4-7(8)10(20)15-11/h2-5H,12H2,1H3,(H2,13,14,15,20)(H,16,17,18,19). The molecule has 20 heavy (non-hydrogen) atoms. The maximum Gasteiger partial charge on any atom is 0.260 e. The first kappa shape index (κ1) is 12.1. The summed E-state index contributed by atoms with van der Waals surface area (Å²) < 4.78 is 0. The second-order valence-electron chi connectivity index (χ2n) is 4.33. The summed E-state index contributed by atoms with van der Waals surface area (Å²) in [6.45, 7) is 1.83. The fourth-order valence-corrected chi connectivity index (χ4v) is 1.85. The summed E-state index contributed by atoms with van der Waals surface area (Å²) in [6, 6.07) is 4.74. The Morgan fingerprint density at radius 2 is 2.25 bits per heavy atom. The van der Waals surface area contributed by atoms with Crippen molar-refractivity contribution in [1.29, 1.82) is 0 Å². The molecule has 0 bridgehead atoms. The minimum atomic E-state index is -0.259. The van der Waals surface area contributed by atoms with Gasteiger partial charge in [0.15, 0.2) is 5.82 Å². The molecule has 0 aliphatic rings. The third-order valence-corrected chi connectivity index (χ3v) is 2.83. The quantitative estimate of drug-likeness (QED) is 0.499. The SMILES string of the molecule is CC(Nc1nc2ccc(N)cc2c(=O)[nH]1)c1nn[nH]n1. The van der Waals surface area contributed by atoms with E-state index in [4.69, 9.17) is 5.73 Å². The topological polar surface area (TPSA) is 138 Å². The first-order valence-corrected chi connectivity index (χ1v) is 5.93. The van der Waals surface area contributed by atoms with E-state index >= 15 is 0 Å². The molecule has 3 rings (SSSR count). The lowest BCUT2D eigenvalue weighted by atomic mass is 10.2. The van der Waals surface area contributed by atoms with Crippen molar-refractivity contribution in [2.45, 2.75) is 13.0 Å². The Morgan fingerprint density at radius 3 is 3.00 bits per heavy atom. The van der Waals surface area contributed by atoms with Crippen molar-refractivity contribution in [2.75, 3.05) is 11.1 Å². The van der Waals surface area contributed by atoms with E-state index in [1.165, 1.54) is 0 Å². The molecule has 1 atom stereocenters. The zero-order valence-electron chi connectivity index (χ0n) is 10.6. The van der Waals surface area contributed by atoms with Crippen molar-refractivity contribution in [3.8, 4) is 0 Å². The van der Waals surface area contributed by atoms with Gasteiger partial charge in [-0.2, -0.15) is 5.21 Å². The van der Waals surface area contributed by atoms with Crippen LogP contribution in [0.4, 0.5) is 11.6 Å². The number of nitrogens with two attached hydrogens (primary N) is 1. The van der Waals surface area contributed by atoms with Crippen LogP contribution in [0.2, 0.25) is 0 Å². The number of benzene rings is 1. The number of nitrogen functional groups attached to an aromatic ring is 1. The molecule has 0 spiro atoms. The van der Waals surface area contributed by atoms with E-state index in [0.29, 0.717) is 28.4 Å². The molecule has 0 aliphatic heterocycles. The lowest BCUT2D eigenvalue weighted by Gasteiger charge is -2.10. The summed E-state index contributed by atoms with van der Waals surface area (Å²) >= 11 is 0. The van der Waals surface area contributed by atoms with Crippen molar-refractivity contribution in [3.05, 3.63) is 34.4 Å². The molecular weight excluding hydrogens is 260 g/mol. The highest BCUT2D eigenvalue weighted by Gasteiger charge is 2.12. The molecule has 2 aromatic heterocycles. The first-order chi connectivity index (χ1) is 9.63. The third-order valence-electron chi connectivity index (χ3n) is 2.83. The van der Waals surface area contributed by atoms with E-state index in [1.54, 1.807) is 18.2 Å². The van der Waals surface area contributed by atoms with E-state index < -0.39 is 0 Å². The Hall–Kier alpha value is -2.97. The van der Waals surface area contributed by atoms with Gasteiger partial charge in [0.1, 0.15) is 0 Å². The van der Waals surface area contributed by atoms with Crippen molar-refractivity contribution in [2.24, 2.45) is 0 Å². The van der Waals surface area contributed by atoms with Gasteiger partial charge < -0.3 is 11.1 Å². The molecule has 0 saturated carbocycles. The second-order valence-corrected chi connectivity index (χ2v) is 4.33. The number of aromatic amines is 2. The highest BCUT2D eigenvalue weighted by Crippen LogP contribution is 2.15. The number of nitrogens with one attached hydrogen (secondary N) is 3. The van der Waals surface area contributed by atoms with Crippen LogP contribution < -0.4 is 16.6 Å². The fourth-order valence-electron chi connectivity index (χ4n) is 1.85. The largest absolute Gasteiger partial charge is 0.399 e. The minimum Gasteiger partial charge on any atom is -0.399 e. The van der Waals surface area contributed by atoms with Gasteiger partial charge in [0.25, 0.3) is 5.56 Å². The molecule has 0 aliphatic carbocycles. The van der Waals surface area contributed by atoms with Crippen LogP contribution in [-0.4, -0.2) is 30.6 Å². The van der Waals surface area contributed by atoms with Gasteiger partial charge in [-0.1, -0.05) is 5.21 Å². The van der Waals surface area contributed by atoms with Gasteiger partial charge in [-0.15, -0.1) is 10.2 Å². The van der Waals surface area contributed by atoms with E-state index in [2.05, 4.69) is 35.9 Å². The maximum atomic E-state index is 12.0. The molecule has 1 aromatic carbocycles. The van der Waals surface area contributed by atoms with Crippen molar-refractivity contribution >= 4 is 22.5 Å². The Labute approximate surface area is 112 Å². The first-order valence-electron chi connectivity index (χ1n) is 5.93. The summed E-state index contributed by atoms with van der Waals surface area (Å²) in [6.07, 6.45) is 0. The molecule has 9 heteroatoms. The predicted octanol–water partition coefficient (Wildman–Crippen LogP) is 0.191. The highest BCUT2D eigenvalue weighted by atomic mass is 16.1. The van der Waals surface area contributed by atoms with Gasteiger partial charge in [0.2, 0.25) is 5.95 Å². The molecule has 0 amide bonds. The lowest BCUT2D eigenvalue weighted by Crippen LogP contribution is -2.16. The third kappa shape index (κ3) is 2.16. The molecule has 102 valence electrons. The van der Waals surface area contributed by atoms with Crippen LogP contribution in [-0.2, 0) is 0 Å². The number of anilines is 2. The average molecular weight is 272 g/mol. The van der Waals surface area contributed by atoms with Gasteiger partial charge in [-0.3, -0.25) is 9.78 Å². The summed E-state index contributed by atoms with van der Waals surface area (Å²) in [5, 5.41) is 17.0. The molecule has 3 aromatic rings. The van der Waals surface area contributed by atoms with Crippen LogP contribution in [0.3, 0.4) is 0 Å². The molecule has 2 heterocycles. The Balaban J connectivity index is 1.97. The second kappa shape index (κ2) is 4.61. The Kier molecular flexibility index (Phi) is 2.78. The minimum absolute atomic E-state index is 0.247. The number of hydrogen-bond acceptors (Lipinski definition) is 7. The molecular formula is C11H12N8O. The molecule has 1 unspecified atom stereocenters. The summed E-state index contributed by atoms with van der Waals surface area (Å²) in [5.41, 5.74) is 6.47. The monoisotopic (exact) mass is 272 g/mol. The summed E-state index contributed by atoms with van der Waals surface area (Å²) in [5.74, 6) is 0.814. The highest BCUT2D eigenvalue weighted by molar-refractivity contribution is 5.81. The fraction of sp³-hybridized carbons (Fsp3) is 0.182. The smallest absolute Gasteiger partial charge is 0.260 e. The van der Waals surface area contributed by atoms with Crippen LogP contribution in [0, 0.1) is 0 Å². The van der Waals surface area contributed by atoms with Crippen LogP contribution >= 0.6 is 0 Å². The molecule has 9 nitrogen and oxygen atoms in total. The van der Waals surface area contributed by atoms with Gasteiger partial charge in [0, 0.05) is 5.69 Å². The van der Waals surface area contributed by atoms with Crippen LogP contribution in [0.15, 0.2) is 23.0 Å². The number of tetrazole rings is 1. The molecule has 5 N–H and O–H groups in total. The average Bonchev–Trinajstić information content (AvgIpc) is 2.94. The zero-order valence-corrected chi connectivity index (χ0v) is 10.6. The van der Waals surface area contributed by atoms with E-state index in [1.807, 2.05) is 6.92 Å². The van der Waals surface area contributed by atoms with Gasteiger partial charge >= 0.3 is 0 Å². The Morgan fingerprint density at radius 1 is 1.40 bits per heavy atom. The molecule has 0 saturated heterocycles. The lowest BCUT2D eigenvalue weighted by molar-refractivity contribution is 0.781. The van der Waals surface area contributed by atoms with Crippen molar-refractivity contribution in [3.63, 3.8) is 0 Å². The van der Waals surface area contributed by atoms with Crippen LogP contribution in [0.5, 0.6) is 0 Å². The van der Waals surface area contributed by atoms with Gasteiger partial charge in [-0.05, 0) is 25.1 Å². The van der Waals surface area contributed by atoms with E-state index in [0.717, 1.165) is 0 Å². The zero-order chi connectivity index (χ0) is 14.1. The number of rotatable bonds is 3. The van der Waals surface area contributed by atoms with E-state index in [-0.39, 0.29) is 11.6 Å². The maximum absolute atomic E-state index is 12.0. The number of fused-ring (bicyclic) bond motifs is 1. The molecule has 0 radical (unpaired) electrons. The van der Waals surface area contributed by atoms with Gasteiger partial charge in [0.05, 0.1) is 16.9 Å². The summed E-state index contributed by atoms with van der Waals surface area (Å²) in [4.78, 5) is 18.9. The van der Waals surface area contributed by atoms with E-state index in [9.17, 15) is 4.79 Å². The predicted molar refractivity (Wildman–Crippen MR) is 73.0 cm³/mol. The number of aromatic nitrogens is 6. The Bertz CT molecular complexity index is 794. The van der Waals surface area contributed by atoms with Gasteiger partial charge in [-0.25, -0.2) is 4.98 Å². The van der Waals surface area contributed by atoms with Crippen molar-refractivity contribution in [1.82, 2.24) is 30.6 Å². The summed E-state index contributed by atoms with van der Waals surface area (Å²) in [7, 11) is 0. The number of hydrogen-bond donors (Lipinski definition) is 4. The number of H-pyrrole nitrogens is 2. The molecule has 0 fully saturated rings. The number of nitrogens with zero attached hydrogens (tertiary/aromatic N) is 4. The normalized spacial score (nSPS) is 12.4. The van der Waals surface area contributed by atoms with Crippen LogP contribution in [0.25, 0.3) is 10.9 Å².